The van der Waals surface area contributed by atoms with Gasteiger partial charge in [-0.1, -0.05) is 121 Å². The Morgan fingerprint density at radius 3 is 2.14 bits per heavy atom. The van der Waals surface area contributed by atoms with E-state index in [0.29, 0.717) is 40.9 Å². The maximum Gasteiger partial charge on any atom is 0.421 e. The zero-order valence-corrected chi connectivity index (χ0v) is 37.3. The van der Waals surface area contributed by atoms with Crippen molar-refractivity contribution in [2.24, 2.45) is 5.92 Å². The van der Waals surface area contributed by atoms with E-state index >= 15 is 9.59 Å². The van der Waals surface area contributed by atoms with Crippen molar-refractivity contribution in [1.29, 1.82) is 0 Å². The molecule has 0 saturated carbocycles. The number of anilines is 1. The van der Waals surface area contributed by atoms with Crippen LogP contribution >= 0.6 is 0 Å². The number of carbonyl (C=O) groups excluding carboxylic acids is 3. The van der Waals surface area contributed by atoms with Gasteiger partial charge in [-0.25, -0.2) is 9.69 Å². The molecule has 0 radical (unpaired) electrons. The fourth-order valence-corrected chi connectivity index (χ4v) is 10.1. The molecule has 348 valence electrons. The first-order valence-electron chi connectivity index (χ1n) is 22.3. The van der Waals surface area contributed by atoms with Crippen LogP contribution in [0.5, 0.6) is 5.75 Å². The highest BCUT2D eigenvalue weighted by molar-refractivity contribution is 6.23. The summed E-state index contributed by atoms with van der Waals surface area (Å²) in [6.07, 6.45) is -2.17. The van der Waals surface area contributed by atoms with Crippen LogP contribution in [-0.4, -0.2) is 81.7 Å². The smallest absolute Gasteiger partial charge is 0.421 e. The number of amides is 2. The lowest BCUT2D eigenvalue weighted by molar-refractivity contribution is -0.384. The number of carbonyl (C=O) groups is 4. The van der Waals surface area contributed by atoms with Gasteiger partial charge in [0, 0.05) is 29.8 Å². The van der Waals surface area contributed by atoms with Crippen molar-refractivity contribution in [2.75, 3.05) is 31.7 Å². The number of benzene rings is 6. The van der Waals surface area contributed by atoms with Crippen LogP contribution in [0.3, 0.4) is 0 Å². The Bertz CT molecular complexity index is 2960. The summed E-state index contributed by atoms with van der Waals surface area (Å²) in [6, 6.07) is 41.0. The molecule has 2 amide bonds. The summed E-state index contributed by atoms with van der Waals surface area (Å²) in [6.45, 7) is 0.0240. The van der Waals surface area contributed by atoms with Crippen molar-refractivity contribution >= 4 is 35.3 Å². The van der Waals surface area contributed by atoms with Crippen molar-refractivity contribution in [3.8, 4) is 17.6 Å². The number of morpholine rings is 1. The number of carboxylic acid groups (broad SMARTS) is 1. The Morgan fingerprint density at radius 2 is 1.48 bits per heavy atom. The maximum absolute atomic E-state index is 16.2. The van der Waals surface area contributed by atoms with Crippen LogP contribution in [0.15, 0.2) is 158 Å². The Labute approximate surface area is 397 Å². The first-order chi connectivity index (χ1) is 33.5. The van der Waals surface area contributed by atoms with Crippen molar-refractivity contribution < 1.29 is 48.5 Å². The second-order valence-corrected chi connectivity index (χ2v) is 17.0. The predicted octanol–water partition coefficient (Wildman–Crippen LogP) is 7.54. The van der Waals surface area contributed by atoms with Crippen LogP contribution in [0.25, 0.3) is 0 Å². The van der Waals surface area contributed by atoms with Gasteiger partial charge in [0.05, 0.1) is 35.8 Å². The van der Waals surface area contributed by atoms with Gasteiger partial charge in [0.2, 0.25) is 5.91 Å². The van der Waals surface area contributed by atoms with E-state index in [1.165, 1.54) is 30.3 Å². The largest absolute Gasteiger partial charge is 0.491 e. The van der Waals surface area contributed by atoms with E-state index in [-0.39, 0.29) is 35.9 Å². The maximum atomic E-state index is 16.2. The number of non-ortho nitro benzene ring substituents is 1. The molecule has 3 aliphatic rings. The van der Waals surface area contributed by atoms with Crippen LogP contribution in [0, 0.1) is 27.9 Å². The molecular weight excluding hydrogens is 881 g/mol. The Morgan fingerprint density at radius 1 is 0.826 bits per heavy atom. The number of fused-ring (bicyclic) bond motifs is 3. The lowest BCUT2D eigenvalue weighted by Crippen LogP contribution is -2.53. The number of hydrogen-bond donors (Lipinski definition) is 2. The van der Waals surface area contributed by atoms with Crippen LogP contribution in [0.1, 0.15) is 57.1 Å². The Balaban J connectivity index is 1.26. The van der Waals surface area contributed by atoms with Crippen LogP contribution in [-0.2, 0) is 42.4 Å². The summed E-state index contributed by atoms with van der Waals surface area (Å²) >= 11 is 0. The second-order valence-electron chi connectivity index (χ2n) is 17.0. The third kappa shape index (κ3) is 8.57. The van der Waals surface area contributed by atoms with E-state index < -0.39 is 71.0 Å². The van der Waals surface area contributed by atoms with Crippen LogP contribution in [0.2, 0.25) is 0 Å². The standard InChI is InChI=1S/C54H46N4O11/c1-55(33-36-14-5-2-6-15-36)29-13-16-35-25-28-43-42(32-35)54(52(63)56(43)53(64)68-34-37-23-26-40(27-24-37)58(65)66)45(50(60)61)47-51(62)69-48(39-19-9-4-10-20-39)46(38-17-7-3-8-18-38)57(47)49(54)41-21-11-12-22-44(41)67-31-30-59/h2-12,14-15,17-28,32,45-49,59H,29-31,33-34H2,1H3,(H,60,61). The summed E-state index contributed by atoms with van der Waals surface area (Å²) in [4.78, 5) is 75.7. The summed E-state index contributed by atoms with van der Waals surface area (Å²) in [5, 5.41) is 33.1. The number of imide groups is 1. The number of ether oxygens (including phenoxy) is 3. The highest BCUT2D eigenvalue weighted by Gasteiger charge is 2.76. The van der Waals surface area contributed by atoms with Gasteiger partial charge in [-0.3, -0.25) is 34.3 Å². The number of aliphatic hydroxyl groups is 1. The monoisotopic (exact) mass is 926 g/mol. The molecule has 9 rings (SSSR count). The third-order valence-corrected chi connectivity index (χ3v) is 12.9. The third-order valence-electron chi connectivity index (χ3n) is 12.9. The number of aliphatic hydroxyl groups excluding tert-OH is 1. The number of nitro groups is 1. The lowest BCUT2D eigenvalue weighted by Gasteiger charge is -2.46. The SMILES string of the molecule is CN(CC#Cc1ccc2c(c1)C1(C(=O)N2C(=O)OCc2ccc([N+](=O)[O-])cc2)C(C(=O)O)C2C(=O)OC(c3ccccc3)C(c3ccccc3)N2C1c1ccccc1OCCO)Cc1ccccc1. The highest BCUT2D eigenvalue weighted by Crippen LogP contribution is 2.66. The highest BCUT2D eigenvalue weighted by atomic mass is 16.6. The quantitative estimate of drug-likeness (QED) is 0.0501. The molecule has 1 spiro atoms. The molecule has 3 aliphatic heterocycles. The fraction of sp³-hybridized carbons (Fsp3) is 0.222. The number of nitro benzene ring substituents is 1. The number of nitrogens with zero attached hydrogens (tertiary/aromatic N) is 4. The van der Waals surface area contributed by atoms with E-state index in [4.69, 9.17) is 14.2 Å². The second kappa shape index (κ2) is 19.6. The molecule has 0 bridgehead atoms. The minimum atomic E-state index is -2.30. The zero-order chi connectivity index (χ0) is 48.2. The summed E-state index contributed by atoms with van der Waals surface area (Å²) < 4.78 is 18.3. The van der Waals surface area contributed by atoms with Gasteiger partial charge in [0.1, 0.15) is 42.4 Å². The molecule has 69 heavy (non-hydrogen) atoms. The van der Waals surface area contributed by atoms with Gasteiger partial charge in [0.25, 0.3) is 5.69 Å². The number of cyclic esters (lactones) is 1. The average molecular weight is 927 g/mol. The molecule has 6 aromatic rings. The van der Waals surface area contributed by atoms with Gasteiger partial charge in [-0.2, -0.15) is 0 Å². The van der Waals surface area contributed by atoms with Gasteiger partial charge in [-0.15, -0.1) is 0 Å². The lowest BCUT2D eigenvalue weighted by atomic mass is 9.65. The van der Waals surface area contributed by atoms with Crippen LogP contribution < -0.4 is 9.64 Å². The van der Waals surface area contributed by atoms with Gasteiger partial charge in [0.15, 0.2) is 0 Å². The summed E-state index contributed by atoms with van der Waals surface area (Å²) in [5.41, 5.74) is 1.08. The van der Waals surface area contributed by atoms with Crippen molar-refractivity contribution in [3.63, 3.8) is 0 Å². The predicted molar refractivity (Wildman–Crippen MR) is 252 cm³/mol. The summed E-state index contributed by atoms with van der Waals surface area (Å²) in [5.74, 6) is 1.31. The topological polar surface area (TPSA) is 189 Å². The van der Waals surface area contributed by atoms with Gasteiger partial charge in [-0.05, 0) is 71.3 Å². The Hall–Kier alpha value is -8.16. The zero-order valence-electron chi connectivity index (χ0n) is 37.3. The average Bonchev–Trinajstić information content (AvgIpc) is 3.82. The van der Waals surface area contributed by atoms with E-state index in [0.717, 1.165) is 10.5 Å². The minimum absolute atomic E-state index is 0.00883. The van der Waals surface area contributed by atoms with Gasteiger partial charge < -0.3 is 24.4 Å². The molecule has 6 atom stereocenters. The molecule has 2 N–H and O–H groups in total. The number of para-hydroxylation sites is 1. The number of carboxylic acids is 1. The van der Waals surface area contributed by atoms with E-state index in [9.17, 15) is 29.9 Å². The molecule has 3 heterocycles. The number of hydrogen-bond acceptors (Lipinski definition) is 12. The molecule has 2 saturated heterocycles. The Kier molecular flexibility index (Phi) is 13.1. The van der Waals surface area contributed by atoms with Crippen molar-refractivity contribution in [1.82, 2.24) is 9.80 Å². The number of esters is 1. The van der Waals surface area contributed by atoms with E-state index in [1.54, 1.807) is 53.4 Å². The van der Waals surface area contributed by atoms with E-state index in [2.05, 4.69) is 11.8 Å². The molecule has 6 unspecified atom stereocenters. The number of aliphatic carboxylic acids is 1. The molecule has 6 aromatic carbocycles. The first kappa shape index (κ1) is 46.0. The molecule has 2 fully saturated rings. The summed E-state index contributed by atoms with van der Waals surface area (Å²) in [7, 11) is 1.93. The number of rotatable bonds is 13. The van der Waals surface area contributed by atoms with Crippen molar-refractivity contribution in [3.05, 3.63) is 207 Å². The molecule has 0 aliphatic carbocycles. The van der Waals surface area contributed by atoms with Crippen LogP contribution in [0.4, 0.5) is 16.2 Å². The van der Waals surface area contributed by atoms with Gasteiger partial charge >= 0.3 is 18.0 Å². The van der Waals surface area contributed by atoms with E-state index in [1.807, 2.05) is 90.8 Å². The molecule has 0 aromatic heterocycles. The molecule has 15 nitrogen and oxygen atoms in total. The van der Waals surface area contributed by atoms with Crippen molar-refractivity contribution in [2.45, 2.75) is 42.8 Å². The molecule has 15 heteroatoms. The first-order valence-corrected chi connectivity index (χ1v) is 22.3. The molecular formula is C54H46N4O11. The fourth-order valence-electron chi connectivity index (χ4n) is 10.1. The normalized spacial score (nSPS) is 21.5. The minimum Gasteiger partial charge on any atom is -0.491 e.